The molecule has 24 heavy (non-hydrogen) atoms. The van der Waals surface area contributed by atoms with Gasteiger partial charge in [-0.1, -0.05) is 13.8 Å². The van der Waals surface area contributed by atoms with Crippen molar-refractivity contribution >= 4 is 23.0 Å². The molecule has 0 radical (unpaired) electrons. The molecular weight excluding hydrogens is 314 g/mol. The number of benzene rings is 1. The molecule has 2 rings (SSSR count). The lowest BCUT2D eigenvalue weighted by molar-refractivity contribution is -0.131. The summed E-state index contributed by atoms with van der Waals surface area (Å²) >= 11 is 0. The minimum absolute atomic E-state index is 0.117. The number of hydrogen-bond acceptors (Lipinski definition) is 6. The quantitative estimate of drug-likeness (QED) is 0.513. The Hall–Kier alpha value is -2.83. The Balaban J connectivity index is 2.19. The van der Waals surface area contributed by atoms with Crippen molar-refractivity contribution in [3.63, 3.8) is 0 Å². The molecule has 0 bridgehead atoms. The van der Waals surface area contributed by atoms with Crippen molar-refractivity contribution in [2.24, 2.45) is 5.92 Å². The van der Waals surface area contributed by atoms with Crippen LogP contribution >= 0.6 is 0 Å². The molecule has 1 N–H and O–H groups in total. The van der Waals surface area contributed by atoms with Crippen LogP contribution in [0.3, 0.4) is 0 Å². The number of nitrogens with one attached hydrogen (secondary N) is 1. The first-order valence-corrected chi connectivity index (χ1v) is 7.51. The zero-order valence-electron chi connectivity index (χ0n) is 13.8. The van der Waals surface area contributed by atoms with E-state index in [9.17, 15) is 14.4 Å². The molecule has 7 heteroatoms. The van der Waals surface area contributed by atoms with E-state index in [0.29, 0.717) is 17.6 Å². The summed E-state index contributed by atoms with van der Waals surface area (Å²) in [7, 11) is 0. The Labute approximate surface area is 138 Å². The standard InChI is InChI=1S/C17H19NO6/c1-10(2)9-22-17(21)18-8-12-6-16(20)24-15-7-13(23-11(3)19)4-5-14(12)15/h4-7,10H,8-9H2,1-3H3,(H,18,21). The maximum absolute atomic E-state index is 11.7. The average molecular weight is 333 g/mol. The Morgan fingerprint density at radius 3 is 2.67 bits per heavy atom. The Morgan fingerprint density at radius 2 is 2.00 bits per heavy atom. The molecule has 1 amide bonds. The Morgan fingerprint density at radius 1 is 1.25 bits per heavy atom. The fourth-order valence-electron chi connectivity index (χ4n) is 2.05. The monoisotopic (exact) mass is 333 g/mol. The van der Waals surface area contributed by atoms with Gasteiger partial charge in [0.1, 0.15) is 11.3 Å². The molecule has 0 unspecified atom stereocenters. The van der Waals surface area contributed by atoms with Gasteiger partial charge in [-0.05, 0) is 23.6 Å². The number of hydrogen-bond donors (Lipinski definition) is 1. The second kappa shape index (κ2) is 7.63. The van der Waals surface area contributed by atoms with E-state index in [2.05, 4.69) is 5.32 Å². The molecule has 0 aliphatic heterocycles. The molecule has 7 nitrogen and oxygen atoms in total. The van der Waals surface area contributed by atoms with Crippen molar-refractivity contribution in [2.75, 3.05) is 6.61 Å². The van der Waals surface area contributed by atoms with Crippen LogP contribution in [0.4, 0.5) is 4.79 Å². The third-order valence-corrected chi connectivity index (χ3v) is 3.03. The van der Waals surface area contributed by atoms with Gasteiger partial charge in [0.05, 0.1) is 6.61 Å². The lowest BCUT2D eigenvalue weighted by Crippen LogP contribution is -2.25. The van der Waals surface area contributed by atoms with Crippen LogP contribution in [0.15, 0.2) is 33.5 Å². The summed E-state index contributed by atoms with van der Waals surface area (Å²) in [6, 6.07) is 6.01. The molecule has 1 aromatic carbocycles. The molecule has 1 heterocycles. The van der Waals surface area contributed by atoms with Gasteiger partial charge >= 0.3 is 17.7 Å². The van der Waals surface area contributed by atoms with Crippen LogP contribution < -0.4 is 15.7 Å². The summed E-state index contributed by atoms with van der Waals surface area (Å²) in [6.45, 7) is 5.58. The van der Waals surface area contributed by atoms with E-state index in [1.807, 2.05) is 13.8 Å². The van der Waals surface area contributed by atoms with Crippen molar-refractivity contribution in [3.05, 3.63) is 40.2 Å². The highest BCUT2D eigenvalue weighted by atomic mass is 16.5. The molecule has 0 aliphatic rings. The van der Waals surface area contributed by atoms with Crippen molar-refractivity contribution in [1.29, 1.82) is 0 Å². The van der Waals surface area contributed by atoms with Crippen LogP contribution in [0.5, 0.6) is 5.75 Å². The van der Waals surface area contributed by atoms with Crippen LogP contribution in [0.25, 0.3) is 11.0 Å². The van der Waals surface area contributed by atoms with E-state index >= 15 is 0 Å². The van der Waals surface area contributed by atoms with Crippen molar-refractivity contribution in [3.8, 4) is 5.75 Å². The average Bonchev–Trinajstić information content (AvgIpc) is 2.49. The third-order valence-electron chi connectivity index (χ3n) is 3.03. The van der Waals surface area contributed by atoms with E-state index in [1.165, 1.54) is 19.1 Å². The normalized spacial score (nSPS) is 10.7. The number of amides is 1. The molecule has 0 fully saturated rings. The zero-order valence-corrected chi connectivity index (χ0v) is 13.8. The van der Waals surface area contributed by atoms with E-state index < -0.39 is 17.7 Å². The fraction of sp³-hybridized carbons (Fsp3) is 0.353. The summed E-state index contributed by atoms with van der Waals surface area (Å²) in [4.78, 5) is 34.3. The minimum atomic E-state index is -0.560. The summed E-state index contributed by atoms with van der Waals surface area (Å²) in [5.74, 6) is 0.0436. The summed E-state index contributed by atoms with van der Waals surface area (Å²) in [6.07, 6.45) is -0.554. The van der Waals surface area contributed by atoms with E-state index in [0.717, 1.165) is 0 Å². The molecular formula is C17H19NO6. The van der Waals surface area contributed by atoms with Gasteiger partial charge in [0.15, 0.2) is 0 Å². The van der Waals surface area contributed by atoms with Gasteiger partial charge in [-0.25, -0.2) is 9.59 Å². The predicted octanol–water partition coefficient (Wildman–Crippen LogP) is 2.60. The SMILES string of the molecule is CC(=O)Oc1ccc2c(CNC(=O)OCC(C)C)cc(=O)oc2c1. The topological polar surface area (TPSA) is 94.8 Å². The predicted molar refractivity (Wildman–Crippen MR) is 86.8 cm³/mol. The van der Waals surface area contributed by atoms with E-state index in [-0.39, 0.29) is 23.8 Å². The molecule has 128 valence electrons. The van der Waals surface area contributed by atoms with Crippen molar-refractivity contribution in [2.45, 2.75) is 27.3 Å². The number of rotatable bonds is 5. The van der Waals surface area contributed by atoms with Crippen molar-refractivity contribution in [1.82, 2.24) is 5.32 Å². The number of fused-ring (bicyclic) bond motifs is 1. The lowest BCUT2D eigenvalue weighted by Gasteiger charge is -2.10. The largest absolute Gasteiger partial charge is 0.449 e. The van der Waals surface area contributed by atoms with Gasteiger partial charge in [0.2, 0.25) is 0 Å². The summed E-state index contributed by atoms with van der Waals surface area (Å²) in [5.41, 5.74) is 0.292. The molecule has 0 saturated carbocycles. The summed E-state index contributed by atoms with van der Waals surface area (Å²) < 4.78 is 15.1. The Kier molecular flexibility index (Phi) is 5.57. The first kappa shape index (κ1) is 17.5. The first-order valence-electron chi connectivity index (χ1n) is 7.51. The minimum Gasteiger partial charge on any atom is -0.449 e. The highest BCUT2D eigenvalue weighted by Crippen LogP contribution is 2.22. The number of esters is 1. The van der Waals surface area contributed by atoms with Gasteiger partial charge in [-0.2, -0.15) is 0 Å². The second-order valence-electron chi connectivity index (χ2n) is 5.69. The van der Waals surface area contributed by atoms with Gasteiger partial charge in [0, 0.05) is 31.0 Å². The van der Waals surface area contributed by atoms with Crippen LogP contribution in [-0.2, 0) is 16.1 Å². The molecule has 2 aromatic rings. The van der Waals surface area contributed by atoms with Crippen LogP contribution in [0.2, 0.25) is 0 Å². The molecule has 0 saturated heterocycles. The zero-order chi connectivity index (χ0) is 17.7. The van der Waals surface area contributed by atoms with Gasteiger partial charge in [-0.3, -0.25) is 4.79 Å². The highest BCUT2D eigenvalue weighted by molar-refractivity contribution is 5.83. The smallest absolute Gasteiger partial charge is 0.407 e. The van der Waals surface area contributed by atoms with E-state index in [4.69, 9.17) is 13.9 Å². The maximum Gasteiger partial charge on any atom is 0.407 e. The Bertz CT molecular complexity index is 808. The fourth-order valence-corrected chi connectivity index (χ4v) is 2.05. The van der Waals surface area contributed by atoms with Gasteiger partial charge in [0.25, 0.3) is 0 Å². The van der Waals surface area contributed by atoms with Crippen LogP contribution in [0, 0.1) is 5.92 Å². The third kappa shape index (κ3) is 4.84. The summed E-state index contributed by atoms with van der Waals surface area (Å²) in [5, 5.41) is 3.23. The number of ether oxygens (including phenoxy) is 2. The number of alkyl carbamates (subject to hydrolysis) is 1. The number of carbonyl (C=O) groups excluding carboxylic acids is 2. The second-order valence-corrected chi connectivity index (χ2v) is 5.69. The van der Waals surface area contributed by atoms with Gasteiger partial charge < -0.3 is 19.2 Å². The molecule has 0 aliphatic carbocycles. The molecule has 0 spiro atoms. The highest BCUT2D eigenvalue weighted by Gasteiger charge is 2.10. The molecule has 1 aromatic heterocycles. The van der Waals surface area contributed by atoms with Crippen molar-refractivity contribution < 1.29 is 23.5 Å². The molecule has 0 atom stereocenters. The maximum atomic E-state index is 11.7. The van der Waals surface area contributed by atoms with Gasteiger partial charge in [-0.15, -0.1) is 0 Å². The first-order chi connectivity index (χ1) is 11.3. The van der Waals surface area contributed by atoms with Crippen LogP contribution in [0.1, 0.15) is 26.3 Å². The lowest BCUT2D eigenvalue weighted by atomic mass is 10.1. The van der Waals surface area contributed by atoms with Crippen LogP contribution in [-0.4, -0.2) is 18.7 Å². The number of carbonyl (C=O) groups is 2. The van der Waals surface area contributed by atoms with E-state index in [1.54, 1.807) is 12.1 Å².